The lowest BCUT2D eigenvalue weighted by molar-refractivity contribution is -0.138. The van der Waals surface area contributed by atoms with Gasteiger partial charge in [-0.05, 0) is 43.2 Å². The van der Waals surface area contributed by atoms with E-state index in [1.165, 1.54) is 17.9 Å². The van der Waals surface area contributed by atoms with Crippen LogP contribution in [-0.2, 0) is 22.6 Å². The van der Waals surface area contributed by atoms with Crippen molar-refractivity contribution in [1.29, 1.82) is 0 Å². The molecule has 0 radical (unpaired) electrons. The molecule has 1 amide bonds. The van der Waals surface area contributed by atoms with Crippen LogP contribution in [0.4, 0.5) is 8.78 Å². The largest absolute Gasteiger partial charge is 0.337 e. The highest BCUT2D eigenvalue weighted by Crippen LogP contribution is 2.27. The molecule has 35 heavy (non-hydrogen) atoms. The first-order chi connectivity index (χ1) is 16.7. The molecule has 0 aliphatic carbocycles. The third-order valence-corrected chi connectivity index (χ3v) is 6.64. The highest BCUT2D eigenvalue weighted by Gasteiger charge is 2.39. The zero-order chi connectivity index (χ0) is 25.3. The number of hydrogen-bond acceptors (Lipinski definition) is 3. The van der Waals surface area contributed by atoms with E-state index in [9.17, 15) is 23.2 Å². The highest BCUT2D eigenvalue weighted by molar-refractivity contribution is 6.30. The number of carbonyl (C=O) groups excluding carboxylic acids is 3. The number of terminal acetylenes is 1. The van der Waals surface area contributed by atoms with Crippen LogP contribution in [0.25, 0.3) is 10.9 Å². The molecule has 2 heterocycles. The molecule has 8 heteroatoms. The van der Waals surface area contributed by atoms with E-state index in [2.05, 4.69) is 5.92 Å². The number of aromatic nitrogens is 1. The Kier molecular flexibility index (Phi) is 7.04. The van der Waals surface area contributed by atoms with Gasteiger partial charge in [0.05, 0.1) is 17.6 Å². The molecule has 0 saturated carbocycles. The Hall–Kier alpha value is -3.50. The van der Waals surface area contributed by atoms with Gasteiger partial charge in [-0.15, -0.1) is 6.42 Å². The van der Waals surface area contributed by atoms with Crippen molar-refractivity contribution in [3.8, 4) is 12.3 Å². The predicted octanol–water partition coefficient (Wildman–Crippen LogP) is 4.76. The van der Waals surface area contributed by atoms with Crippen molar-refractivity contribution in [3.63, 3.8) is 0 Å². The molecule has 4 rings (SSSR count). The van der Waals surface area contributed by atoms with E-state index in [1.54, 1.807) is 41.1 Å². The van der Waals surface area contributed by atoms with E-state index in [4.69, 9.17) is 18.0 Å². The predicted molar refractivity (Wildman–Crippen MR) is 130 cm³/mol. The Bertz CT molecular complexity index is 1370. The number of aryl methyl sites for hydroxylation is 1. The summed E-state index contributed by atoms with van der Waals surface area (Å²) in [5.41, 5.74) is 1.95. The molecule has 0 unspecified atom stereocenters. The maximum absolute atomic E-state index is 14.3. The third-order valence-electron chi connectivity index (χ3n) is 6.35. The third kappa shape index (κ3) is 4.98. The van der Waals surface area contributed by atoms with E-state index in [-0.39, 0.29) is 48.9 Å². The molecule has 0 bridgehead atoms. The van der Waals surface area contributed by atoms with Gasteiger partial charge in [-0.3, -0.25) is 14.4 Å². The molecule has 2 aromatic carbocycles. The zero-order valence-corrected chi connectivity index (χ0v) is 19.8. The molecule has 1 aliphatic heterocycles. The number of halogens is 3. The number of Topliss-reactive ketones (excluding diaryl/α,β-unsaturated/α-hetero) is 2. The minimum absolute atomic E-state index is 0.0327. The van der Waals surface area contributed by atoms with Gasteiger partial charge in [-0.1, -0.05) is 29.7 Å². The van der Waals surface area contributed by atoms with Crippen molar-refractivity contribution in [2.45, 2.75) is 44.9 Å². The van der Waals surface area contributed by atoms with Gasteiger partial charge in [0.2, 0.25) is 5.91 Å². The van der Waals surface area contributed by atoms with Gasteiger partial charge in [0, 0.05) is 41.1 Å². The molecule has 0 N–H and O–H groups in total. The van der Waals surface area contributed by atoms with Crippen molar-refractivity contribution in [2.24, 2.45) is 0 Å². The summed E-state index contributed by atoms with van der Waals surface area (Å²) in [6.07, 6.45) is 5.67. The summed E-state index contributed by atoms with van der Waals surface area (Å²) in [6, 6.07) is 8.78. The van der Waals surface area contributed by atoms with E-state index < -0.39 is 23.9 Å². The van der Waals surface area contributed by atoms with Crippen molar-refractivity contribution in [2.75, 3.05) is 6.54 Å². The minimum atomic E-state index is -1.33. The smallest absolute Gasteiger partial charge is 0.243 e. The fraction of sp³-hybridized carbons (Fsp3) is 0.296. The van der Waals surface area contributed by atoms with Gasteiger partial charge in [0.1, 0.15) is 18.5 Å². The quantitative estimate of drug-likeness (QED) is 0.350. The summed E-state index contributed by atoms with van der Waals surface area (Å²) in [5.74, 6) is 0.990. The standard InChI is InChI=1S/C27H23ClF2N2O3/c1-3-17-7-9-23-20(11-17)21(16(2)33)14-31(23)15-26(35)32-13-19(29)12-24(32)25(34)10-8-18-5-4-6-22(28)27(18)30/h1,4-7,9,11,14,19,24H,8,10,12-13,15H2,2H3/t19-,24+/m1/s1. The number of hydrogen-bond donors (Lipinski definition) is 0. The number of amides is 1. The lowest BCUT2D eigenvalue weighted by Crippen LogP contribution is -2.42. The number of rotatable bonds is 7. The van der Waals surface area contributed by atoms with E-state index in [0.29, 0.717) is 27.6 Å². The summed E-state index contributed by atoms with van der Waals surface area (Å²) >= 11 is 5.80. The Morgan fingerprint density at radius 3 is 2.71 bits per heavy atom. The Morgan fingerprint density at radius 1 is 1.23 bits per heavy atom. The van der Waals surface area contributed by atoms with Crippen LogP contribution in [0.2, 0.25) is 5.02 Å². The van der Waals surface area contributed by atoms with Gasteiger partial charge in [0.25, 0.3) is 0 Å². The topological polar surface area (TPSA) is 59.4 Å². The van der Waals surface area contributed by atoms with Crippen LogP contribution >= 0.6 is 11.6 Å². The maximum Gasteiger partial charge on any atom is 0.243 e. The summed E-state index contributed by atoms with van der Waals surface area (Å²) in [5, 5.41) is 0.594. The van der Waals surface area contributed by atoms with Crippen molar-refractivity contribution < 1.29 is 23.2 Å². The van der Waals surface area contributed by atoms with Crippen LogP contribution < -0.4 is 0 Å². The van der Waals surface area contributed by atoms with E-state index in [1.807, 2.05) is 0 Å². The number of fused-ring (bicyclic) bond motifs is 1. The summed E-state index contributed by atoms with van der Waals surface area (Å²) < 4.78 is 30.1. The molecule has 5 nitrogen and oxygen atoms in total. The number of alkyl halides is 1. The monoisotopic (exact) mass is 496 g/mol. The molecule has 0 spiro atoms. The van der Waals surface area contributed by atoms with Gasteiger partial charge < -0.3 is 9.47 Å². The van der Waals surface area contributed by atoms with Gasteiger partial charge >= 0.3 is 0 Å². The van der Waals surface area contributed by atoms with Crippen molar-refractivity contribution in [3.05, 3.63) is 70.1 Å². The van der Waals surface area contributed by atoms with Crippen molar-refractivity contribution in [1.82, 2.24) is 9.47 Å². The highest BCUT2D eigenvalue weighted by atomic mass is 35.5. The van der Waals surface area contributed by atoms with Gasteiger partial charge in [-0.2, -0.15) is 0 Å². The molecule has 180 valence electrons. The SMILES string of the molecule is C#Cc1ccc2c(c1)c(C(C)=O)cn2CC(=O)N1C[C@H](F)C[C@H]1C(=O)CCc1cccc(Cl)c1F. The molecule has 1 aromatic heterocycles. The molecule has 1 aliphatic rings. The first kappa shape index (κ1) is 24.6. The lowest BCUT2D eigenvalue weighted by atomic mass is 10.0. The Labute approximate surface area is 206 Å². The fourth-order valence-corrected chi connectivity index (χ4v) is 4.76. The summed E-state index contributed by atoms with van der Waals surface area (Å²) in [7, 11) is 0. The normalized spacial score (nSPS) is 17.5. The molecular weight excluding hydrogens is 474 g/mol. The summed E-state index contributed by atoms with van der Waals surface area (Å²) in [4.78, 5) is 39.5. The number of likely N-dealkylation sites (tertiary alicyclic amines) is 1. The molecular formula is C27H23ClF2N2O3. The first-order valence-corrected chi connectivity index (χ1v) is 11.6. The lowest BCUT2D eigenvalue weighted by Gasteiger charge is -2.24. The minimum Gasteiger partial charge on any atom is -0.337 e. The zero-order valence-electron chi connectivity index (χ0n) is 19.1. The molecule has 2 atom stereocenters. The Morgan fingerprint density at radius 2 is 2.00 bits per heavy atom. The molecule has 1 fully saturated rings. The van der Waals surface area contributed by atoms with E-state index in [0.717, 1.165) is 0 Å². The second kappa shape index (κ2) is 10.0. The number of nitrogens with zero attached hydrogens (tertiary/aromatic N) is 2. The summed E-state index contributed by atoms with van der Waals surface area (Å²) in [6.45, 7) is 1.06. The van der Waals surface area contributed by atoms with Crippen molar-refractivity contribution >= 4 is 40.0 Å². The molecule has 3 aromatic rings. The number of ketones is 2. The fourth-order valence-electron chi connectivity index (χ4n) is 4.57. The average Bonchev–Trinajstić information content (AvgIpc) is 3.40. The van der Waals surface area contributed by atoms with Crippen LogP contribution in [-0.4, -0.2) is 45.7 Å². The first-order valence-electron chi connectivity index (χ1n) is 11.2. The van der Waals surface area contributed by atoms with Crippen LogP contribution in [0.15, 0.2) is 42.6 Å². The number of carbonyl (C=O) groups is 3. The molecule has 1 saturated heterocycles. The van der Waals surface area contributed by atoms with Crippen LogP contribution in [0.1, 0.15) is 41.3 Å². The van der Waals surface area contributed by atoms with Gasteiger partial charge in [0.15, 0.2) is 11.6 Å². The number of benzene rings is 2. The average molecular weight is 497 g/mol. The van der Waals surface area contributed by atoms with E-state index >= 15 is 0 Å². The Balaban J connectivity index is 1.53. The van der Waals surface area contributed by atoms with Crippen LogP contribution in [0.3, 0.4) is 0 Å². The van der Waals surface area contributed by atoms with Crippen LogP contribution in [0.5, 0.6) is 0 Å². The maximum atomic E-state index is 14.3. The second-order valence-corrected chi connectivity index (χ2v) is 9.08. The van der Waals surface area contributed by atoms with Gasteiger partial charge in [-0.25, -0.2) is 8.78 Å². The second-order valence-electron chi connectivity index (χ2n) is 8.68. The van der Waals surface area contributed by atoms with Crippen LogP contribution in [0, 0.1) is 18.2 Å².